The van der Waals surface area contributed by atoms with Gasteiger partial charge in [0, 0.05) is 16.9 Å². The molecule has 0 saturated carbocycles. The van der Waals surface area contributed by atoms with E-state index in [1.807, 2.05) is 103 Å². The van der Waals surface area contributed by atoms with Gasteiger partial charge in [0.05, 0.1) is 11.7 Å². The second-order valence-electron chi connectivity index (χ2n) is 6.40. The third-order valence-corrected chi connectivity index (χ3v) is 4.45. The van der Waals surface area contributed by atoms with E-state index in [2.05, 4.69) is 10.6 Å². The molecule has 1 aliphatic carbocycles. The smallest absolute Gasteiger partial charge is 0.207 e. The van der Waals surface area contributed by atoms with Crippen LogP contribution in [-0.2, 0) is 4.79 Å². The first-order chi connectivity index (χ1) is 13.3. The fourth-order valence-electron chi connectivity index (χ4n) is 3.12. The third kappa shape index (κ3) is 3.98. The van der Waals surface area contributed by atoms with Gasteiger partial charge < -0.3 is 10.6 Å². The summed E-state index contributed by atoms with van der Waals surface area (Å²) in [6.07, 6.45) is 3.91. The van der Waals surface area contributed by atoms with Crippen molar-refractivity contribution >= 4 is 23.2 Å². The lowest BCUT2D eigenvalue weighted by Gasteiger charge is -2.14. The molecule has 0 spiro atoms. The number of ketones is 1. The first kappa shape index (κ1) is 16.9. The number of benzene rings is 3. The average molecular weight is 352 g/mol. The molecule has 27 heavy (non-hydrogen) atoms. The summed E-state index contributed by atoms with van der Waals surface area (Å²) in [5, 5.41) is 6.70. The van der Waals surface area contributed by atoms with E-state index in [-0.39, 0.29) is 11.8 Å². The molecule has 3 aromatic rings. The Morgan fingerprint density at radius 1 is 0.704 bits per heavy atom. The Balaban J connectivity index is 1.66. The lowest BCUT2D eigenvalue weighted by atomic mass is 10.0. The molecule has 1 atom stereocenters. The number of Topliss-reactive ketones (excluding diaryl/α,β-unsaturated/α-hetero) is 1. The van der Waals surface area contributed by atoms with E-state index in [4.69, 9.17) is 0 Å². The Morgan fingerprint density at radius 3 is 1.89 bits per heavy atom. The van der Waals surface area contributed by atoms with Gasteiger partial charge in [0.25, 0.3) is 0 Å². The fraction of sp³-hybridized carbons (Fsp3) is 0.0417. The topological polar surface area (TPSA) is 41.1 Å². The molecule has 0 bridgehead atoms. The summed E-state index contributed by atoms with van der Waals surface area (Å²) in [6, 6.07) is 29.4. The van der Waals surface area contributed by atoms with Crippen molar-refractivity contribution in [3.63, 3.8) is 0 Å². The second kappa shape index (κ2) is 7.75. The number of carbonyl (C=O) groups excluding carboxylic acids is 1. The van der Waals surface area contributed by atoms with Crippen LogP contribution >= 0.6 is 0 Å². The molecule has 132 valence electrons. The monoisotopic (exact) mass is 352 g/mol. The zero-order chi connectivity index (χ0) is 18.5. The molecule has 0 heterocycles. The highest BCUT2D eigenvalue weighted by Crippen LogP contribution is 2.27. The van der Waals surface area contributed by atoms with Gasteiger partial charge in [-0.15, -0.1) is 0 Å². The molecule has 1 aliphatic rings. The van der Waals surface area contributed by atoms with Crippen LogP contribution in [0.2, 0.25) is 0 Å². The van der Waals surface area contributed by atoms with Gasteiger partial charge in [-0.3, -0.25) is 4.79 Å². The van der Waals surface area contributed by atoms with Gasteiger partial charge in [0.15, 0.2) is 0 Å². The highest BCUT2D eigenvalue weighted by Gasteiger charge is 2.30. The molecule has 0 aliphatic heterocycles. The highest BCUT2D eigenvalue weighted by molar-refractivity contribution is 6.16. The lowest BCUT2D eigenvalue weighted by molar-refractivity contribution is -0.111. The van der Waals surface area contributed by atoms with Crippen molar-refractivity contribution in [3.05, 3.63) is 114 Å². The van der Waals surface area contributed by atoms with Crippen molar-refractivity contribution < 1.29 is 4.79 Å². The summed E-state index contributed by atoms with van der Waals surface area (Å²) in [6.45, 7) is 0. The number of carbonyl (C=O) groups is 1. The Kier molecular flexibility index (Phi) is 4.84. The van der Waals surface area contributed by atoms with E-state index >= 15 is 0 Å². The molecule has 2 N–H and O–H groups in total. The van der Waals surface area contributed by atoms with Crippen molar-refractivity contribution in [2.75, 3.05) is 10.6 Å². The van der Waals surface area contributed by atoms with Crippen LogP contribution in [0, 0.1) is 0 Å². The van der Waals surface area contributed by atoms with Crippen LogP contribution in [0.5, 0.6) is 0 Å². The second-order valence-corrected chi connectivity index (χ2v) is 6.40. The Hall–Kier alpha value is -3.59. The molecule has 0 radical (unpaired) electrons. The van der Waals surface area contributed by atoms with Crippen LogP contribution < -0.4 is 10.6 Å². The molecule has 4 rings (SSSR count). The minimum atomic E-state index is -0.189. The quantitative estimate of drug-likeness (QED) is 0.626. The number of allylic oxidation sites excluding steroid dienone is 1. The molecule has 3 nitrogen and oxygen atoms in total. The number of hydrogen-bond donors (Lipinski definition) is 2. The zero-order valence-corrected chi connectivity index (χ0v) is 14.8. The molecular formula is C24H20N2O. The van der Waals surface area contributed by atoms with E-state index in [1.54, 1.807) is 0 Å². The summed E-state index contributed by atoms with van der Waals surface area (Å²) in [5.74, 6) is 0.0103. The number of nitrogens with one attached hydrogen (secondary N) is 2. The van der Waals surface area contributed by atoms with Crippen molar-refractivity contribution in [2.24, 2.45) is 0 Å². The summed E-state index contributed by atoms with van der Waals surface area (Å²) in [5.41, 5.74) is 4.21. The van der Waals surface area contributed by atoms with Crippen molar-refractivity contribution in [3.8, 4) is 0 Å². The van der Waals surface area contributed by atoms with Crippen LogP contribution in [0.25, 0.3) is 6.08 Å². The number of hydrogen-bond acceptors (Lipinski definition) is 3. The summed E-state index contributed by atoms with van der Waals surface area (Å²) >= 11 is 0. The zero-order valence-electron chi connectivity index (χ0n) is 14.8. The first-order valence-electron chi connectivity index (χ1n) is 8.96. The molecule has 0 aromatic heterocycles. The van der Waals surface area contributed by atoms with Gasteiger partial charge in [-0.25, -0.2) is 0 Å². The van der Waals surface area contributed by atoms with Crippen LogP contribution in [0.3, 0.4) is 0 Å². The predicted molar refractivity (Wildman–Crippen MR) is 111 cm³/mol. The molecule has 3 aromatic carbocycles. The number of rotatable bonds is 5. The molecule has 3 heteroatoms. The van der Waals surface area contributed by atoms with E-state index in [1.165, 1.54) is 0 Å². The van der Waals surface area contributed by atoms with Gasteiger partial charge in [-0.1, -0.05) is 66.7 Å². The van der Waals surface area contributed by atoms with E-state index in [9.17, 15) is 4.79 Å². The molecule has 0 saturated heterocycles. The molecular weight excluding hydrogens is 332 g/mol. The Labute approximate surface area is 159 Å². The van der Waals surface area contributed by atoms with Crippen LogP contribution in [-0.4, -0.2) is 11.8 Å². The van der Waals surface area contributed by atoms with Gasteiger partial charge in [-0.2, -0.15) is 0 Å². The maximum Gasteiger partial charge on any atom is 0.207 e. The number of anilines is 2. The van der Waals surface area contributed by atoms with E-state index in [0.29, 0.717) is 5.70 Å². The molecule has 0 amide bonds. The van der Waals surface area contributed by atoms with Crippen molar-refractivity contribution in [1.29, 1.82) is 0 Å². The van der Waals surface area contributed by atoms with Crippen molar-refractivity contribution in [2.45, 2.75) is 6.04 Å². The van der Waals surface area contributed by atoms with Gasteiger partial charge in [-0.05, 0) is 42.0 Å². The fourth-order valence-corrected chi connectivity index (χ4v) is 3.12. The summed E-state index contributed by atoms with van der Waals surface area (Å²) in [7, 11) is 0. The minimum Gasteiger partial charge on any atom is -0.374 e. The normalized spacial score (nSPS) is 17.6. The number of para-hydroxylation sites is 2. The third-order valence-electron chi connectivity index (χ3n) is 4.45. The maximum atomic E-state index is 13.1. The van der Waals surface area contributed by atoms with Gasteiger partial charge >= 0.3 is 0 Å². The standard InChI is InChI=1S/C24H20N2O/c27-24-21(16-18-10-4-1-5-11-18)22(25-19-12-6-2-7-13-19)17-23(24)26-20-14-8-3-9-15-20/h1-17,22,25-26H/b21-16-/t22-/m1/s1. The Morgan fingerprint density at radius 2 is 1.26 bits per heavy atom. The molecule has 0 fully saturated rings. The largest absolute Gasteiger partial charge is 0.374 e. The highest BCUT2D eigenvalue weighted by atomic mass is 16.1. The molecule has 0 unspecified atom stereocenters. The van der Waals surface area contributed by atoms with E-state index < -0.39 is 0 Å². The Bertz CT molecular complexity index is 977. The summed E-state index contributed by atoms with van der Waals surface area (Å²) in [4.78, 5) is 13.1. The van der Waals surface area contributed by atoms with E-state index in [0.717, 1.165) is 22.5 Å². The first-order valence-corrected chi connectivity index (χ1v) is 8.96. The SMILES string of the molecule is O=C1C(Nc2ccccc2)=C[C@@H](Nc2ccccc2)/C1=C/c1ccccc1. The maximum absolute atomic E-state index is 13.1. The van der Waals surface area contributed by atoms with Gasteiger partial charge in [0.1, 0.15) is 0 Å². The minimum absolute atomic E-state index is 0.0103. The predicted octanol–water partition coefficient (Wildman–Crippen LogP) is 5.13. The lowest BCUT2D eigenvalue weighted by Crippen LogP contribution is -2.19. The van der Waals surface area contributed by atoms with Crippen LogP contribution in [0.15, 0.2) is 108 Å². The summed E-state index contributed by atoms with van der Waals surface area (Å²) < 4.78 is 0. The van der Waals surface area contributed by atoms with Crippen molar-refractivity contribution in [1.82, 2.24) is 0 Å². The van der Waals surface area contributed by atoms with Gasteiger partial charge in [0.2, 0.25) is 5.78 Å². The van der Waals surface area contributed by atoms with Crippen LogP contribution in [0.1, 0.15) is 5.56 Å². The average Bonchev–Trinajstić information content (AvgIpc) is 2.99. The van der Waals surface area contributed by atoms with Crippen LogP contribution in [0.4, 0.5) is 11.4 Å².